The largest absolute Gasteiger partial charge is 0.433 e. The van der Waals surface area contributed by atoms with Crippen molar-refractivity contribution in [3.8, 4) is 22.0 Å². The standard InChI is InChI=1S/C20H12N6O4S/c27-20(15-8-10-18(30-15)26(28)29)21-13-5-3-12(4-6-13)14-7-9-17-22-23-19(25(17)24-14)16-2-1-11-31-16/h1-11H,(H,21,27). The summed E-state index contributed by atoms with van der Waals surface area (Å²) in [6.07, 6.45) is 0. The summed E-state index contributed by atoms with van der Waals surface area (Å²) < 4.78 is 6.61. The van der Waals surface area contributed by atoms with Crippen LogP contribution >= 0.6 is 11.3 Å². The van der Waals surface area contributed by atoms with E-state index in [-0.39, 0.29) is 5.76 Å². The maximum absolute atomic E-state index is 12.2. The average Bonchev–Trinajstić information content (AvgIpc) is 3.53. The van der Waals surface area contributed by atoms with Crippen molar-refractivity contribution in [3.63, 3.8) is 0 Å². The number of benzene rings is 1. The molecule has 0 saturated heterocycles. The highest BCUT2D eigenvalue weighted by molar-refractivity contribution is 7.13. The molecule has 0 spiro atoms. The van der Waals surface area contributed by atoms with Gasteiger partial charge < -0.3 is 9.73 Å². The maximum atomic E-state index is 12.2. The first kappa shape index (κ1) is 18.6. The smallest absolute Gasteiger partial charge is 0.395 e. The van der Waals surface area contributed by atoms with Crippen molar-refractivity contribution in [2.75, 3.05) is 5.32 Å². The number of nitrogens with one attached hydrogen (secondary N) is 1. The quantitative estimate of drug-likeness (QED) is 0.324. The molecule has 4 heterocycles. The first-order valence-corrected chi connectivity index (χ1v) is 9.89. The van der Waals surface area contributed by atoms with Crippen LogP contribution in [-0.4, -0.2) is 30.6 Å². The Bertz CT molecular complexity index is 1410. The summed E-state index contributed by atoms with van der Waals surface area (Å²) in [4.78, 5) is 23.2. The van der Waals surface area contributed by atoms with E-state index < -0.39 is 16.7 Å². The molecular weight excluding hydrogens is 420 g/mol. The van der Waals surface area contributed by atoms with E-state index in [0.717, 1.165) is 16.5 Å². The maximum Gasteiger partial charge on any atom is 0.433 e. The lowest BCUT2D eigenvalue weighted by Crippen LogP contribution is -2.10. The molecule has 1 aromatic carbocycles. The van der Waals surface area contributed by atoms with Gasteiger partial charge in [0.05, 0.1) is 16.6 Å². The summed E-state index contributed by atoms with van der Waals surface area (Å²) >= 11 is 1.56. The molecule has 5 aromatic rings. The third kappa shape index (κ3) is 3.53. The lowest BCUT2D eigenvalue weighted by atomic mass is 10.1. The van der Waals surface area contributed by atoms with Crippen LogP contribution < -0.4 is 5.32 Å². The van der Waals surface area contributed by atoms with Crippen molar-refractivity contribution in [1.29, 1.82) is 0 Å². The van der Waals surface area contributed by atoms with Crippen LogP contribution in [0.5, 0.6) is 0 Å². The highest BCUT2D eigenvalue weighted by atomic mass is 32.1. The van der Waals surface area contributed by atoms with Crippen molar-refractivity contribution in [3.05, 3.63) is 81.9 Å². The summed E-state index contributed by atoms with van der Waals surface area (Å²) in [5, 5.41) is 28.3. The highest BCUT2D eigenvalue weighted by Crippen LogP contribution is 2.25. The van der Waals surface area contributed by atoms with Crippen molar-refractivity contribution in [2.45, 2.75) is 0 Å². The molecule has 4 aromatic heterocycles. The molecule has 31 heavy (non-hydrogen) atoms. The van der Waals surface area contributed by atoms with E-state index in [9.17, 15) is 14.9 Å². The minimum atomic E-state index is -0.699. The van der Waals surface area contributed by atoms with Crippen molar-refractivity contribution in [2.24, 2.45) is 0 Å². The number of fused-ring (bicyclic) bond motifs is 1. The molecule has 0 saturated carbocycles. The van der Waals surface area contributed by atoms with Gasteiger partial charge in [-0.15, -0.1) is 21.5 Å². The average molecular weight is 432 g/mol. The van der Waals surface area contributed by atoms with Gasteiger partial charge in [0.2, 0.25) is 0 Å². The number of thiophene rings is 1. The van der Waals surface area contributed by atoms with Gasteiger partial charge in [-0.3, -0.25) is 14.9 Å². The molecule has 0 bridgehead atoms. The fourth-order valence-electron chi connectivity index (χ4n) is 2.97. The van der Waals surface area contributed by atoms with E-state index in [0.29, 0.717) is 22.9 Å². The molecule has 1 amide bonds. The fourth-order valence-corrected chi connectivity index (χ4v) is 3.66. The molecule has 152 valence electrons. The number of nitro groups is 1. The molecule has 10 nitrogen and oxygen atoms in total. The molecule has 0 fully saturated rings. The van der Waals surface area contributed by atoms with E-state index in [4.69, 9.17) is 4.42 Å². The van der Waals surface area contributed by atoms with E-state index in [1.165, 1.54) is 6.07 Å². The third-order valence-corrected chi connectivity index (χ3v) is 5.30. The van der Waals surface area contributed by atoms with Crippen LogP contribution in [-0.2, 0) is 0 Å². The first-order valence-electron chi connectivity index (χ1n) is 9.01. The molecule has 0 aliphatic heterocycles. The van der Waals surface area contributed by atoms with Crippen LogP contribution in [0.25, 0.3) is 27.6 Å². The summed E-state index contributed by atoms with van der Waals surface area (Å²) in [6.45, 7) is 0. The minimum absolute atomic E-state index is 0.142. The molecule has 0 radical (unpaired) electrons. The minimum Gasteiger partial charge on any atom is -0.395 e. The summed E-state index contributed by atoms with van der Waals surface area (Å²) in [5.74, 6) is -0.539. The van der Waals surface area contributed by atoms with Crippen LogP contribution in [0.1, 0.15) is 10.6 Å². The van der Waals surface area contributed by atoms with E-state index in [1.54, 1.807) is 28.0 Å². The molecule has 0 atom stereocenters. The van der Waals surface area contributed by atoms with Gasteiger partial charge in [0.15, 0.2) is 17.2 Å². The number of hydrogen-bond donors (Lipinski definition) is 1. The van der Waals surface area contributed by atoms with E-state index in [2.05, 4.69) is 20.6 Å². The number of rotatable bonds is 5. The number of aromatic nitrogens is 4. The number of carbonyl (C=O) groups is 1. The van der Waals surface area contributed by atoms with Gasteiger partial charge in [-0.25, -0.2) is 0 Å². The van der Waals surface area contributed by atoms with Crippen molar-refractivity contribution >= 4 is 34.5 Å². The number of amides is 1. The fraction of sp³-hybridized carbons (Fsp3) is 0. The second-order valence-corrected chi connectivity index (χ2v) is 7.36. The zero-order chi connectivity index (χ0) is 21.4. The first-order chi connectivity index (χ1) is 15.1. The Labute approximate surface area is 177 Å². The SMILES string of the molecule is O=C(Nc1ccc(-c2ccc3nnc(-c4cccs4)n3n2)cc1)c1ccc([N+](=O)[O-])o1. The monoisotopic (exact) mass is 432 g/mol. The highest BCUT2D eigenvalue weighted by Gasteiger charge is 2.17. The normalized spacial score (nSPS) is 11.0. The third-order valence-electron chi connectivity index (χ3n) is 4.44. The predicted octanol–water partition coefficient (Wildman–Crippen LogP) is 4.27. The van der Waals surface area contributed by atoms with Gasteiger partial charge in [-0.1, -0.05) is 18.2 Å². The Hall–Kier alpha value is -4.38. The van der Waals surface area contributed by atoms with Gasteiger partial charge in [-0.2, -0.15) is 9.61 Å². The number of hydrogen-bond acceptors (Lipinski definition) is 8. The van der Waals surface area contributed by atoms with Gasteiger partial charge in [0, 0.05) is 11.3 Å². The number of carbonyl (C=O) groups excluding carboxylic acids is 1. The molecule has 0 aliphatic carbocycles. The van der Waals surface area contributed by atoms with Gasteiger partial charge >= 0.3 is 5.88 Å². The van der Waals surface area contributed by atoms with Crippen LogP contribution in [0.15, 0.2) is 70.5 Å². The van der Waals surface area contributed by atoms with E-state index >= 15 is 0 Å². The molecule has 1 N–H and O–H groups in total. The van der Waals surface area contributed by atoms with Gasteiger partial charge in [0.1, 0.15) is 4.92 Å². The topological polar surface area (TPSA) is 128 Å². The molecule has 5 rings (SSSR count). The van der Waals surface area contributed by atoms with Gasteiger partial charge in [-0.05, 0) is 41.8 Å². The Morgan fingerprint density at radius 1 is 1.06 bits per heavy atom. The molecule has 0 aliphatic rings. The number of furan rings is 1. The van der Waals surface area contributed by atoms with Crippen LogP contribution in [0.3, 0.4) is 0 Å². The Morgan fingerprint density at radius 3 is 2.61 bits per heavy atom. The van der Waals surface area contributed by atoms with Crippen molar-refractivity contribution in [1.82, 2.24) is 19.8 Å². The number of anilines is 1. The van der Waals surface area contributed by atoms with E-state index in [1.807, 2.05) is 41.8 Å². The van der Waals surface area contributed by atoms with Crippen molar-refractivity contribution < 1.29 is 14.1 Å². The second kappa shape index (κ2) is 7.46. The van der Waals surface area contributed by atoms with Crippen LogP contribution in [0, 0.1) is 10.1 Å². The Morgan fingerprint density at radius 2 is 1.90 bits per heavy atom. The lowest BCUT2D eigenvalue weighted by Gasteiger charge is -2.06. The molecule has 0 unspecified atom stereocenters. The summed E-state index contributed by atoms with van der Waals surface area (Å²) in [7, 11) is 0. The Kier molecular flexibility index (Phi) is 4.49. The second-order valence-electron chi connectivity index (χ2n) is 6.42. The van der Waals surface area contributed by atoms with Crippen LogP contribution in [0.2, 0.25) is 0 Å². The summed E-state index contributed by atoms with van der Waals surface area (Å²) in [5.41, 5.74) is 2.70. The summed E-state index contributed by atoms with van der Waals surface area (Å²) in [6, 6.07) is 17.0. The zero-order valence-corrected chi connectivity index (χ0v) is 16.4. The lowest BCUT2D eigenvalue weighted by molar-refractivity contribution is -0.402. The Balaban J connectivity index is 1.38. The molecular formula is C20H12N6O4S. The number of nitrogens with zero attached hydrogens (tertiary/aromatic N) is 5. The van der Waals surface area contributed by atoms with Gasteiger partial charge in [0.25, 0.3) is 5.91 Å². The zero-order valence-electron chi connectivity index (χ0n) is 15.6. The molecule has 11 heteroatoms. The van der Waals surface area contributed by atoms with Crippen LogP contribution in [0.4, 0.5) is 11.6 Å². The predicted molar refractivity (Wildman–Crippen MR) is 113 cm³/mol.